The molecule has 0 aliphatic carbocycles. The Balaban J connectivity index is 2.02. The number of halogens is 1. The summed E-state index contributed by atoms with van der Waals surface area (Å²) in [5, 5.41) is 9.55. The van der Waals surface area contributed by atoms with Gasteiger partial charge in [-0.3, -0.25) is 9.59 Å². The molecule has 1 saturated heterocycles. The summed E-state index contributed by atoms with van der Waals surface area (Å²) in [4.78, 5) is 25.8. The second kappa shape index (κ2) is 6.69. The zero-order valence-corrected chi connectivity index (χ0v) is 13.9. The molecule has 0 radical (unpaired) electrons. The highest BCUT2D eigenvalue weighted by Crippen LogP contribution is 2.38. The minimum atomic E-state index is -0.839. The lowest BCUT2D eigenvalue weighted by atomic mass is 9.76. The van der Waals surface area contributed by atoms with Gasteiger partial charge in [0.05, 0.1) is 5.41 Å². The van der Waals surface area contributed by atoms with E-state index in [0.717, 1.165) is 5.56 Å². The van der Waals surface area contributed by atoms with Crippen LogP contribution in [-0.2, 0) is 9.59 Å². The first-order valence-corrected chi connectivity index (χ1v) is 8.03. The Kier molecular flexibility index (Phi) is 5.07. The third-order valence-corrected chi connectivity index (χ3v) is 5.10. The maximum absolute atomic E-state index is 13.0. The standard InChI is InChI=1S/C18H24FNO3/c1-12(2)18(17(22)23)8-9-20(11-18)16(21)10-13(3)14-4-6-15(19)7-5-14/h4-7,12-13H,8-11H2,1-3H3,(H,22,23). The zero-order chi connectivity index (χ0) is 17.2. The highest BCUT2D eigenvalue weighted by atomic mass is 19.1. The highest BCUT2D eigenvalue weighted by molar-refractivity contribution is 5.81. The molecule has 5 heteroatoms. The molecule has 1 aliphatic heterocycles. The van der Waals surface area contributed by atoms with E-state index in [-0.39, 0.29) is 30.1 Å². The number of aliphatic carboxylic acids is 1. The van der Waals surface area contributed by atoms with Crippen molar-refractivity contribution in [2.75, 3.05) is 13.1 Å². The Morgan fingerprint density at radius 2 is 1.87 bits per heavy atom. The first-order valence-electron chi connectivity index (χ1n) is 8.03. The smallest absolute Gasteiger partial charge is 0.311 e. The van der Waals surface area contributed by atoms with E-state index in [9.17, 15) is 19.1 Å². The van der Waals surface area contributed by atoms with E-state index < -0.39 is 11.4 Å². The average molecular weight is 321 g/mol. The van der Waals surface area contributed by atoms with E-state index in [1.54, 1.807) is 17.0 Å². The summed E-state index contributed by atoms with van der Waals surface area (Å²) in [6.45, 7) is 6.47. The number of carboxylic acid groups (broad SMARTS) is 1. The van der Waals surface area contributed by atoms with Crippen LogP contribution in [-0.4, -0.2) is 35.0 Å². The van der Waals surface area contributed by atoms with Gasteiger partial charge in [-0.15, -0.1) is 0 Å². The first-order chi connectivity index (χ1) is 10.8. The van der Waals surface area contributed by atoms with Gasteiger partial charge in [-0.2, -0.15) is 0 Å². The first kappa shape index (κ1) is 17.4. The van der Waals surface area contributed by atoms with E-state index in [2.05, 4.69) is 0 Å². The van der Waals surface area contributed by atoms with E-state index in [4.69, 9.17) is 0 Å². The van der Waals surface area contributed by atoms with Crippen LogP contribution in [0.1, 0.15) is 45.1 Å². The predicted octanol–water partition coefficient (Wildman–Crippen LogP) is 3.28. The summed E-state index contributed by atoms with van der Waals surface area (Å²) in [6.07, 6.45) is 0.802. The third-order valence-electron chi connectivity index (χ3n) is 5.10. The van der Waals surface area contributed by atoms with Crippen molar-refractivity contribution in [3.05, 3.63) is 35.6 Å². The number of carboxylic acids is 1. The van der Waals surface area contributed by atoms with Crippen molar-refractivity contribution in [2.24, 2.45) is 11.3 Å². The Bertz CT molecular complexity index is 584. The van der Waals surface area contributed by atoms with Crippen molar-refractivity contribution in [2.45, 2.75) is 39.5 Å². The lowest BCUT2D eigenvalue weighted by molar-refractivity contribution is -0.151. The second-order valence-electron chi connectivity index (χ2n) is 6.84. The fraction of sp³-hybridized carbons (Fsp3) is 0.556. The Labute approximate surface area is 136 Å². The van der Waals surface area contributed by atoms with Crippen LogP contribution in [0, 0.1) is 17.2 Å². The molecule has 23 heavy (non-hydrogen) atoms. The van der Waals surface area contributed by atoms with E-state index in [0.29, 0.717) is 19.4 Å². The van der Waals surface area contributed by atoms with Gasteiger partial charge in [-0.05, 0) is 36.0 Å². The largest absolute Gasteiger partial charge is 0.481 e. The van der Waals surface area contributed by atoms with Crippen LogP contribution in [0.25, 0.3) is 0 Å². The topological polar surface area (TPSA) is 57.6 Å². The number of hydrogen-bond donors (Lipinski definition) is 1. The quantitative estimate of drug-likeness (QED) is 0.905. The number of carbonyl (C=O) groups is 2. The van der Waals surface area contributed by atoms with Gasteiger partial charge in [0, 0.05) is 19.5 Å². The van der Waals surface area contributed by atoms with E-state index in [1.807, 2.05) is 20.8 Å². The molecular weight excluding hydrogens is 297 g/mol. The summed E-state index contributed by atoms with van der Waals surface area (Å²) < 4.78 is 13.0. The summed E-state index contributed by atoms with van der Waals surface area (Å²) in [5.41, 5.74) is 0.0710. The van der Waals surface area contributed by atoms with Crippen molar-refractivity contribution >= 4 is 11.9 Å². The number of carbonyl (C=O) groups excluding carboxylic acids is 1. The highest BCUT2D eigenvalue weighted by Gasteiger charge is 2.48. The molecule has 126 valence electrons. The van der Waals surface area contributed by atoms with Gasteiger partial charge in [0.25, 0.3) is 0 Å². The molecule has 2 unspecified atom stereocenters. The van der Waals surface area contributed by atoms with Crippen molar-refractivity contribution < 1.29 is 19.1 Å². The normalized spacial score (nSPS) is 22.4. The van der Waals surface area contributed by atoms with Crippen LogP contribution in [0.4, 0.5) is 4.39 Å². The minimum Gasteiger partial charge on any atom is -0.481 e. The van der Waals surface area contributed by atoms with Crippen molar-refractivity contribution in [3.8, 4) is 0 Å². The Hall–Kier alpha value is -1.91. The molecule has 2 rings (SSSR count). The number of amides is 1. The van der Waals surface area contributed by atoms with Crippen LogP contribution in [0.3, 0.4) is 0 Å². The molecule has 0 bridgehead atoms. The lowest BCUT2D eigenvalue weighted by Gasteiger charge is -2.29. The Morgan fingerprint density at radius 1 is 1.26 bits per heavy atom. The summed E-state index contributed by atoms with van der Waals surface area (Å²) in [6, 6.07) is 6.15. The molecule has 0 spiro atoms. The van der Waals surface area contributed by atoms with Crippen molar-refractivity contribution in [3.63, 3.8) is 0 Å². The second-order valence-corrected chi connectivity index (χ2v) is 6.84. The monoisotopic (exact) mass is 321 g/mol. The van der Waals surface area contributed by atoms with Crippen LogP contribution in [0.15, 0.2) is 24.3 Å². The van der Waals surface area contributed by atoms with Crippen LogP contribution in [0.2, 0.25) is 0 Å². The third kappa shape index (κ3) is 3.54. The molecule has 1 N–H and O–H groups in total. The summed E-state index contributed by atoms with van der Waals surface area (Å²) in [5.74, 6) is -1.20. The molecular formula is C18H24FNO3. The predicted molar refractivity (Wildman–Crippen MR) is 85.5 cm³/mol. The van der Waals surface area contributed by atoms with Gasteiger partial charge in [0.2, 0.25) is 5.91 Å². The van der Waals surface area contributed by atoms with Crippen LogP contribution >= 0.6 is 0 Å². The zero-order valence-electron chi connectivity index (χ0n) is 13.9. The molecule has 4 nitrogen and oxygen atoms in total. The minimum absolute atomic E-state index is 0.0210. The van der Waals surface area contributed by atoms with Gasteiger partial charge in [0.1, 0.15) is 5.82 Å². The summed E-state index contributed by atoms with van der Waals surface area (Å²) >= 11 is 0. The molecule has 1 amide bonds. The molecule has 1 heterocycles. The van der Waals surface area contributed by atoms with Crippen molar-refractivity contribution in [1.29, 1.82) is 0 Å². The van der Waals surface area contributed by atoms with Crippen molar-refractivity contribution in [1.82, 2.24) is 4.90 Å². The van der Waals surface area contributed by atoms with Gasteiger partial charge >= 0.3 is 5.97 Å². The molecule has 0 saturated carbocycles. The van der Waals surface area contributed by atoms with E-state index >= 15 is 0 Å². The molecule has 1 aromatic carbocycles. The maximum atomic E-state index is 13.0. The molecule has 2 atom stereocenters. The fourth-order valence-corrected chi connectivity index (χ4v) is 3.24. The average Bonchev–Trinajstić information content (AvgIpc) is 2.94. The fourth-order valence-electron chi connectivity index (χ4n) is 3.24. The number of benzene rings is 1. The molecule has 1 aromatic rings. The number of nitrogens with zero attached hydrogens (tertiary/aromatic N) is 1. The van der Waals surface area contributed by atoms with Gasteiger partial charge < -0.3 is 10.0 Å². The van der Waals surface area contributed by atoms with Gasteiger partial charge in [-0.25, -0.2) is 4.39 Å². The molecule has 0 aromatic heterocycles. The number of likely N-dealkylation sites (tertiary alicyclic amines) is 1. The molecule has 1 fully saturated rings. The van der Waals surface area contributed by atoms with Gasteiger partial charge in [-0.1, -0.05) is 32.9 Å². The summed E-state index contributed by atoms with van der Waals surface area (Å²) in [7, 11) is 0. The van der Waals surface area contributed by atoms with E-state index in [1.165, 1.54) is 12.1 Å². The number of rotatable bonds is 5. The lowest BCUT2D eigenvalue weighted by Crippen LogP contribution is -2.40. The van der Waals surface area contributed by atoms with Crippen LogP contribution < -0.4 is 0 Å². The SMILES string of the molecule is CC(CC(=O)N1CCC(C(=O)O)(C(C)C)C1)c1ccc(F)cc1. The Morgan fingerprint density at radius 3 is 2.35 bits per heavy atom. The van der Waals surface area contributed by atoms with Crippen LogP contribution in [0.5, 0.6) is 0 Å². The molecule has 1 aliphatic rings. The number of hydrogen-bond acceptors (Lipinski definition) is 2. The maximum Gasteiger partial charge on any atom is 0.311 e. The van der Waals surface area contributed by atoms with Gasteiger partial charge in [0.15, 0.2) is 0 Å².